The van der Waals surface area contributed by atoms with E-state index in [1.54, 1.807) is 4.57 Å². The number of pyridine rings is 1. The monoisotopic (exact) mass is 268 g/mol. The quantitative estimate of drug-likeness (QED) is 0.909. The van der Waals surface area contributed by atoms with Crippen LogP contribution in [-0.2, 0) is 26.4 Å². The number of aryl methyl sites for hydroxylation is 2. The van der Waals surface area contributed by atoms with Crippen LogP contribution in [0.5, 0.6) is 0 Å². The summed E-state index contributed by atoms with van der Waals surface area (Å²) in [6.07, 6.45) is 4.89. The van der Waals surface area contributed by atoms with E-state index in [1.165, 1.54) is 30.4 Å². The Morgan fingerprint density at radius 1 is 1.10 bits per heavy atom. The van der Waals surface area contributed by atoms with Crippen LogP contribution in [-0.4, -0.2) is 4.57 Å². The van der Waals surface area contributed by atoms with Gasteiger partial charge in [-0.25, -0.2) is 0 Å². The topological polar surface area (TPSA) is 48.0 Å². The number of rotatable bonds is 2. The second-order valence-electron chi connectivity index (χ2n) is 5.50. The number of nitrogens with zero attached hydrogens (tertiary/aromatic N) is 1. The predicted molar refractivity (Wildman–Crippen MR) is 81.7 cm³/mol. The first kappa shape index (κ1) is 13.1. The molecule has 20 heavy (non-hydrogen) atoms. The van der Waals surface area contributed by atoms with Gasteiger partial charge >= 0.3 is 0 Å². The maximum absolute atomic E-state index is 12.2. The minimum Gasteiger partial charge on any atom is -0.326 e. The number of hydrogen-bond acceptors (Lipinski definition) is 2. The van der Waals surface area contributed by atoms with Gasteiger partial charge in [-0.2, -0.15) is 0 Å². The summed E-state index contributed by atoms with van der Waals surface area (Å²) in [5, 5.41) is 0. The number of benzene rings is 1. The number of hydrogen-bond donors (Lipinski definition) is 1. The summed E-state index contributed by atoms with van der Waals surface area (Å²) in [4.78, 5) is 12.2. The summed E-state index contributed by atoms with van der Waals surface area (Å²) in [6, 6.07) is 10.4. The van der Waals surface area contributed by atoms with Crippen LogP contribution in [0.3, 0.4) is 0 Å². The molecule has 0 saturated carbocycles. The molecule has 0 fully saturated rings. The lowest BCUT2D eigenvalue weighted by atomic mass is 9.90. The van der Waals surface area contributed by atoms with Gasteiger partial charge < -0.3 is 10.3 Å². The van der Waals surface area contributed by atoms with E-state index in [4.69, 9.17) is 5.73 Å². The fourth-order valence-electron chi connectivity index (χ4n) is 3.03. The van der Waals surface area contributed by atoms with Crippen molar-refractivity contribution in [2.45, 2.75) is 32.2 Å². The van der Waals surface area contributed by atoms with Crippen molar-refractivity contribution >= 4 is 0 Å². The Kier molecular flexibility index (Phi) is 3.45. The Morgan fingerprint density at radius 3 is 2.60 bits per heavy atom. The highest BCUT2D eigenvalue weighted by Gasteiger charge is 2.12. The van der Waals surface area contributed by atoms with Gasteiger partial charge in [0.1, 0.15) is 0 Å². The highest BCUT2D eigenvalue weighted by atomic mass is 16.1. The fourth-order valence-corrected chi connectivity index (χ4v) is 3.03. The number of fused-ring (bicyclic) bond motifs is 1. The molecule has 0 amide bonds. The van der Waals surface area contributed by atoms with Gasteiger partial charge in [0, 0.05) is 19.2 Å². The van der Waals surface area contributed by atoms with Crippen molar-refractivity contribution in [3.05, 3.63) is 57.4 Å². The minimum absolute atomic E-state index is 0.00252. The zero-order chi connectivity index (χ0) is 14.1. The smallest absolute Gasteiger partial charge is 0.255 e. The molecule has 0 atom stereocenters. The largest absolute Gasteiger partial charge is 0.326 e. The molecule has 1 heterocycles. The van der Waals surface area contributed by atoms with E-state index >= 15 is 0 Å². The molecule has 0 bridgehead atoms. The SMILES string of the molecule is Cn1c(-c2ccc3c(c2)CCCC3)ccc(CN)c1=O. The predicted octanol–water partition coefficient (Wildman–Crippen LogP) is 2.39. The Hall–Kier alpha value is -1.87. The zero-order valence-electron chi connectivity index (χ0n) is 11.9. The number of aromatic nitrogens is 1. The lowest BCUT2D eigenvalue weighted by molar-refractivity contribution is 0.685. The molecule has 2 N–H and O–H groups in total. The molecule has 1 aromatic carbocycles. The molecule has 0 spiro atoms. The summed E-state index contributed by atoms with van der Waals surface area (Å²) < 4.78 is 1.70. The minimum atomic E-state index is 0.00252. The van der Waals surface area contributed by atoms with Crippen LogP contribution in [0.25, 0.3) is 11.3 Å². The standard InChI is InChI=1S/C17H20N2O/c1-19-16(9-8-15(11-18)17(19)20)14-7-6-12-4-2-3-5-13(12)10-14/h6-10H,2-5,11,18H2,1H3. The van der Waals surface area contributed by atoms with Crippen LogP contribution < -0.4 is 11.3 Å². The lowest BCUT2D eigenvalue weighted by Gasteiger charge is -2.17. The maximum atomic E-state index is 12.2. The first-order valence-corrected chi connectivity index (χ1v) is 7.22. The Bertz CT molecular complexity index is 701. The van der Waals surface area contributed by atoms with Gasteiger partial charge in [0.05, 0.1) is 5.69 Å². The average Bonchev–Trinajstić information content (AvgIpc) is 2.49. The fraction of sp³-hybridized carbons (Fsp3) is 0.353. The van der Waals surface area contributed by atoms with Crippen LogP contribution in [0, 0.1) is 0 Å². The second kappa shape index (κ2) is 5.25. The molecule has 3 nitrogen and oxygen atoms in total. The molecule has 1 aliphatic carbocycles. The van der Waals surface area contributed by atoms with Crippen molar-refractivity contribution in [3.8, 4) is 11.3 Å². The molecule has 0 aliphatic heterocycles. The molecule has 104 valence electrons. The van der Waals surface area contributed by atoms with Crippen molar-refractivity contribution in [1.82, 2.24) is 4.57 Å². The summed E-state index contributed by atoms with van der Waals surface area (Å²) in [7, 11) is 1.82. The third-order valence-electron chi connectivity index (χ3n) is 4.25. The van der Waals surface area contributed by atoms with E-state index < -0.39 is 0 Å². The van der Waals surface area contributed by atoms with Crippen molar-refractivity contribution in [3.63, 3.8) is 0 Å². The second-order valence-corrected chi connectivity index (χ2v) is 5.50. The Morgan fingerprint density at radius 2 is 1.85 bits per heavy atom. The highest BCUT2D eigenvalue weighted by molar-refractivity contribution is 5.62. The molecule has 0 radical (unpaired) electrons. The van der Waals surface area contributed by atoms with Crippen LogP contribution >= 0.6 is 0 Å². The van der Waals surface area contributed by atoms with Crippen molar-refractivity contribution < 1.29 is 0 Å². The van der Waals surface area contributed by atoms with E-state index in [1.807, 2.05) is 19.2 Å². The molecule has 2 aromatic rings. The summed E-state index contributed by atoms with van der Waals surface area (Å²) in [5.74, 6) is 0. The van der Waals surface area contributed by atoms with Gasteiger partial charge in [-0.05, 0) is 54.5 Å². The van der Waals surface area contributed by atoms with Gasteiger partial charge in [-0.1, -0.05) is 18.2 Å². The summed E-state index contributed by atoms with van der Waals surface area (Å²) in [5.41, 5.74) is 11.2. The number of nitrogens with two attached hydrogens (primary N) is 1. The third-order valence-corrected chi connectivity index (χ3v) is 4.25. The highest BCUT2D eigenvalue weighted by Crippen LogP contribution is 2.26. The Labute approximate surface area is 119 Å². The molecule has 3 heteroatoms. The van der Waals surface area contributed by atoms with E-state index in [0.717, 1.165) is 17.7 Å². The summed E-state index contributed by atoms with van der Waals surface area (Å²) >= 11 is 0. The van der Waals surface area contributed by atoms with Gasteiger partial charge in [0.2, 0.25) is 0 Å². The van der Waals surface area contributed by atoms with Crippen LogP contribution in [0.15, 0.2) is 35.1 Å². The molecule has 1 aliphatic rings. The van der Waals surface area contributed by atoms with Gasteiger partial charge in [-0.15, -0.1) is 0 Å². The van der Waals surface area contributed by atoms with Crippen LogP contribution in [0.4, 0.5) is 0 Å². The van der Waals surface area contributed by atoms with Crippen molar-refractivity contribution in [1.29, 1.82) is 0 Å². The summed E-state index contributed by atoms with van der Waals surface area (Å²) in [6.45, 7) is 0.289. The first-order chi connectivity index (χ1) is 9.70. The van der Waals surface area contributed by atoms with E-state index in [-0.39, 0.29) is 12.1 Å². The zero-order valence-corrected chi connectivity index (χ0v) is 11.9. The van der Waals surface area contributed by atoms with Gasteiger partial charge in [-0.3, -0.25) is 4.79 Å². The maximum Gasteiger partial charge on any atom is 0.255 e. The Balaban J connectivity index is 2.09. The van der Waals surface area contributed by atoms with E-state index in [2.05, 4.69) is 18.2 Å². The first-order valence-electron chi connectivity index (χ1n) is 7.22. The molecular formula is C17H20N2O. The van der Waals surface area contributed by atoms with E-state index in [9.17, 15) is 4.79 Å². The molecule has 1 aromatic heterocycles. The molecule has 0 unspecified atom stereocenters. The normalized spacial score (nSPS) is 14.1. The molecular weight excluding hydrogens is 248 g/mol. The average molecular weight is 268 g/mol. The molecule has 3 rings (SSSR count). The van der Waals surface area contributed by atoms with Gasteiger partial charge in [0.15, 0.2) is 0 Å². The van der Waals surface area contributed by atoms with Crippen molar-refractivity contribution in [2.75, 3.05) is 0 Å². The van der Waals surface area contributed by atoms with Crippen molar-refractivity contribution in [2.24, 2.45) is 12.8 Å². The van der Waals surface area contributed by atoms with Crippen LogP contribution in [0.2, 0.25) is 0 Å². The molecule has 0 saturated heterocycles. The van der Waals surface area contributed by atoms with Gasteiger partial charge in [0.25, 0.3) is 5.56 Å². The lowest BCUT2D eigenvalue weighted by Crippen LogP contribution is -2.24. The van der Waals surface area contributed by atoms with Crippen LogP contribution in [0.1, 0.15) is 29.5 Å². The third kappa shape index (κ3) is 2.18. The van der Waals surface area contributed by atoms with E-state index in [0.29, 0.717) is 5.56 Å².